The molecule has 1 N–H and O–H groups in total. The van der Waals surface area contributed by atoms with Crippen molar-refractivity contribution < 1.29 is 0 Å². The highest BCUT2D eigenvalue weighted by atomic mass is 79.9. The van der Waals surface area contributed by atoms with Crippen molar-refractivity contribution in [1.82, 2.24) is 0 Å². The molecule has 0 aliphatic carbocycles. The lowest BCUT2D eigenvalue weighted by molar-refractivity contribution is 0.879. The first-order valence-corrected chi connectivity index (χ1v) is 7.50. The average molecular weight is 359 g/mol. The molecule has 4 heteroatoms. The highest BCUT2D eigenvalue weighted by Crippen LogP contribution is 2.32. The van der Waals surface area contributed by atoms with Gasteiger partial charge in [-0.2, -0.15) is 0 Å². The molecule has 0 spiro atoms. The van der Waals surface area contributed by atoms with Crippen molar-refractivity contribution in [2.24, 2.45) is 0 Å². The van der Waals surface area contributed by atoms with Crippen molar-refractivity contribution in [2.45, 2.75) is 19.9 Å². The molecule has 19 heavy (non-hydrogen) atoms. The Bertz CT molecular complexity index is 599. The number of hydrogen-bond donors (Lipinski definition) is 1. The molecule has 0 heterocycles. The Labute approximate surface area is 132 Å². The Kier molecular flexibility index (Phi) is 4.77. The lowest BCUT2D eigenvalue weighted by Gasteiger charge is -2.18. The van der Waals surface area contributed by atoms with Crippen LogP contribution in [0.5, 0.6) is 0 Å². The zero-order valence-electron chi connectivity index (χ0n) is 10.7. The molecular formula is C15H14BrCl2N. The number of rotatable bonds is 3. The SMILES string of the molecule is Cc1cc(Cl)c(NC(C)c2ccccc2Br)cc1Cl. The first-order chi connectivity index (χ1) is 8.99. The predicted molar refractivity (Wildman–Crippen MR) is 87.4 cm³/mol. The number of aryl methyl sites for hydroxylation is 1. The van der Waals surface area contributed by atoms with Gasteiger partial charge in [0, 0.05) is 15.5 Å². The van der Waals surface area contributed by atoms with Crippen LogP contribution in [0.15, 0.2) is 40.9 Å². The zero-order chi connectivity index (χ0) is 14.0. The smallest absolute Gasteiger partial charge is 0.0641 e. The van der Waals surface area contributed by atoms with Gasteiger partial charge in [-0.15, -0.1) is 0 Å². The van der Waals surface area contributed by atoms with E-state index in [0.29, 0.717) is 10.0 Å². The molecule has 0 radical (unpaired) electrons. The molecule has 0 amide bonds. The molecular weight excluding hydrogens is 345 g/mol. The molecule has 2 rings (SSSR count). The molecule has 2 aromatic rings. The zero-order valence-corrected chi connectivity index (χ0v) is 13.8. The van der Waals surface area contributed by atoms with Crippen LogP contribution in [0.2, 0.25) is 10.0 Å². The van der Waals surface area contributed by atoms with Gasteiger partial charge in [-0.1, -0.05) is 57.3 Å². The summed E-state index contributed by atoms with van der Waals surface area (Å²) in [6.45, 7) is 4.03. The van der Waals surface area contributed by atoms with Crippen molar-refractivity contribution in [3.05, 3.63) is 62.0 Å². The van der Waals surface area contributed by atoms with Gasteiger partial charge >= 0.3 is 0 Å². The summed E-state index contributed by atoms with van der Waals surface area (Å²) in [7, 11) is 0. The van der Waals surface area contributed by atoms with Gasteiger partial charge in [-0.05, 0) is 43.2 Å². The van der Waals surface area contributed by atoms with E-state index in [1.165, 1.54) is 5.56 Å². The van der Waals surface area contributed by atoms with Crippen LogP contribution in [0.3, 0.4) is 0 Å². The Morgan fingerprint density at radius 3 is 2.47 bits per heavy atom. The van der Waals surface area contributed by atoms with E-state index in [1.54, 1.807) is 0 Å². The quantitative estimate of drug-likeness (QED) is 0.684. The maximum atomic E-state index is 6.24. The van der Waals surface area contributed by atoms with E-state index >= 15 is 0 Å². The van der Waals surface area contributed by atoms with Crippen LogP contribution >= 0.6 is 39.1 Å². The third-order valence-electron chi connectivity index (χ3n) is 2.99. The number of anilines is 1. The predicted octanol–water partition coefficient (Wildman–Crippen LogP) is 6.24. The van der Waals surface area contributed by atoms with Crippen molar-refractivity contribution >= 4 is 44.8 Å². The first kappa shape index (κ1) is 14.7. The summed E-state index contributed by atoms with van der Waals surface area (Å²) in [5.74, 6) is 0. The fraction of sp³-hybridized carbons (Fsp3) is 0.200. The van der Waals surface area contributed by atoms with Crippen LogP contribution in [0.25, 0.3) is 0 Å². The summed E-state index contributed by atoms with van der Waals surface area (Å²) >= 11 is 15.9. The molecule has 1 unspecified atom stereocenters. The van der Waals surface area contributed by atoms with Crippen LogP contribution in [-0.4, -0.2) is 0 Å². The second-order valence-corrected chi connectivity index (χ2v) is 6.14. The summed E-state index contributed by atoms with van der Waals surface area (Å²) in [5.41, 5.74) is 3.00. The number of hydrogen-bond acceptors (Lipinski definition) is 1. The third-order valence-corrected chi connectivity index (χ3v) is 4.43. The molecule has 0 aliphatic heterocycles. The summed E-state index contributed by atoms with van der Waals surface area (Å²) in [4.78, 5) is 0. The lowest BCUT2D eigenvalue weighted by atomic mass is 10.1. The largest absolute Gasteiger partial charge is 0.377 e. The second-order valence-electron chi connectivity index (χ2n) is 4.47. The Hall–Kier alpha value is -0.700. The molecule has 0 aliphatic rings. The summed E-state index contributed by atoms with van der Waals surface area (Å²) in [6.07, 6.45) is 0. The summed E-state index contributed by atoms with van der Waals surface area (Å²) < 4.78 is 1.07. The number of halogens is 3. The summed E-state index contributed by atoms with van der Waals surface area (Å²) in [6, 6.07) is 12.0. The molecule has 1 nitrogen and oxygen atoms in total. The van der Waals surface area contributed by atoms with Gasteiger partial charge in [0.1, 0.15) is 0 Å². The van der Waals surface area contributed by atoms with Crippen LogP contribution in [0.1, 0.15) is 24.1 Å². The van der Waals surface area contributed by atoms with Gasteiger partial charge < -0.3 is 5.32 Å². The molecule has 100 valence electrons. The minimum atomic E-state index is 0.131. The van der Waals surface area contributed by atoms with Crippen LogP contribution < -0.4 is 5.32 Å². The van der Waals surface area contributed by atoms with Gasteiger partial charge in [-0.3, -0.25) is 0 Å². The van der Waals surface area contributed by atoms with E-state index in [4.69, 9.17) is 23.2 Å². The van der Waals surface area contributed by atoms with Crippen LogP contribution in [0.4, 0.5) is 5.69 Å². The monoisotopic (exact) mass is 357 g/mol. The molecule has 0 bridgehead atoms. The van der Waals surface area contributed by atoms with Crippen molar-refractivity contribution in [3.63, 3.8) is 0 Å². The normalized spacial score (nSPS) is 12.3. The topological polar surface area (TPSA) is 12.0 Å². The molecule has 2 aromatic carbocycles. The van der Waals surface area contributed by atoms with E-state index in [0.717, 1.165) is 15.7 Å². The Morgan fingerprint density at radius 1 is 1.11 bits per heavy atom. The van der Waals surface area contributed by atoms with Gasteiger partial charge in [0.25, 0.3) is 0 Å². The van der Waals surface area contributed by atoms with Crippen molar-refractivity contribution in [2.75, 3.05) is 5.32 Å². The molecule has 1 atom stereocenters. The standard InChI is InChI=1S/C15H14BrCl2N/c1-9-7-14(18)15(8-13(9)17)19-10(2)11-5-3-4-6-12(11)16/h3-8,10,19H,1-2H3. The van der Waals surface area contributed by atoms with E-state index in [9.17, 15) is 0 Å². The Balaban J connectivity index is 2.27. The minimum absolute atomic E-state index is 0.131. The van der Waals surface area contributed by atoms with E-state index in [-0.39, 0.29) is 6.04 Å². The van der Waals surface area contributed by atoms with E-state index in [2.05, 4.69) is 34.2 Å². The fourth-order valence-corrected chi connectivity index (χ4v) is 2.96. The molecule has 0 fully saturated rings. The highest BCUT2D eigenvalue weighted by Gasteiger charge is 2.11. The Morgan fingerprint density at radius 2 is 1.79 bits per heavy atom. The van der Waals surface area contributed by atoms with Gasteiger partial charge in [0.15, 0.2) is 0 Å². The average Bonchev–Trinajstić information content (AvgIpc) is 2.36. The second kappa shape index (κ2) is 6.17. The van der Waals surface area contributed by atoms with Crippen molar-refractivity contribution in [3.8, 4) is 0 Å². The molecule has 0 aromatic heterocycles. The third kappa shape index (κ3) is 3.44. The van der Waals surface area contributed by atoms with Crippen LogP contribution in [0, 0.1) is 6.92 Å². The minimum Gasteiger partial charge on any atom is -0.377 e. The maximum absolute atomic E-state index is 6.24. The van der Waals surface area contributed by atoms with Gasteiger partial charge in [0.2, 0.25) is 0 Å². The highest BCUT2D eigenvalue weighted by molar-refractivity contribution is 9.10. The number of benzene rings is 2. The lowest BCUT2D eigenvalue weighted by Crippen LogP contribution is -2.07. The van der Waals surface area contributed by atoms with Gasteiger partial charge in [0.05, 0.1) is 10.7 Å². The van der Waals surface area contributed by atoms with Gasteiger partial charge in [-0.25, -0.2) is 0 Å². The number of nitrogens with one attached hydrogen (secondary N) is 1. The maximum Gasteiger partial charge on any atom is 0.0641 e. The fourth-order valence-electron chi connectivity index (χ4n) is 1.89. The molecule has 0 saturated carbocycles. The van der Waals surface area contributed by atoms with Crippen LogP contribution in [-0.2, 0) is 0 Å². The van der Waals surface area contributed by atoms with Crippen molar-refractivity contribution in [1.29, 1.82) is 0 Å². The first-order valence-electron chi connectivity index (χ1n) is 5.95. The van der Waals surface area contributed by atoms with E-state index < -0.39 is 0 Å². The summed E-state index contributed by atoms with van der Waals surface area (Å²) in [5, 5.41) is 4.78. The van der Waals surface area contributed by atoms with E-state index in [1.807, 2.05) is 37.3 Å². The molecule has 0 saturated heterocycles.